The van der Waals surface area contributed by atoms with Gasteiger partial charge in [0.15, 0.2) is 5.96 Å². The Kier molecular flexibility index (Phi) is 4.70. The van der Waals surface area contributed by atoms with Gasteiger partial charge in [0.25, 0.3) is 0 Å². The van der Waals surface area contributed by atoms with Crippen LogP contribution in [0.3, 0.4) is 0 Å². The molecule has 0 radical (unpaired) electrons. The van der Waals surface area contributed by atoms with E-state index < -0.39 is 0 Å². The highest BCUT2D eigenvalue weighted by Gasteiger charge is 2.08. The zero-order valence-corrected chi connectivity index (χ0v) is 12.9. The van der Waals surface area contributed by atoms with Crippen LogP contribution >= 0.6 is 11.6 Å². The summed E-state index contributed by atoms with van der Waals surface area (Å²) >= 11 is 6.05. The molecule has 7 heteroatoms. The Morgan fingerprint density at radius 1 is 1.48 bits per heavy atom. The maximum absolute atomic E-state index is 6.05. The van der Waals surface area contributed by atoms with Crippen LogP contribution in [-0.2, 0) is 6.54 Å². The number of anilines is 1. The fourth-order valence-corrected chi connectivity index (χ4v) is 2.08. The highest BCUT2D eigenvalue weighted by Crippen LogP contribution is 2.27. The minimum atomic E-state index is 0.288. The van der Waals surface area contributed by atoms with E-state index >= 15 is 0 Å². The standard InChI is InChI=1S/C14H17ClN4O2/c1-8-11(9(2)21-19-8)7-17-14(16)18-10-4-5-13(20-3)12(15)6-10/h4-6H,7H2,1-3H3,(H3,16,17,18). The lowest BCUT2D eigenvalue weighted by Gasteiger charge is -2.08. The first-order valence-corrected chi connectivity index (χ1v) is 6.71. The summed E-state index contributed by atoms with van der Waals surface area (Å²) in [6, 6.07) is 5.29. The molecule has 6 nitrogen and oxygen atoms in total. The molecule has 112 valence electrons. The number of benzene rings is 1. The molecule has 2 aromatic rings. The van der Waals surface area contributed by atoms with Crippen LogP contribution in [0.5, 0.6) is 5.75 Å². The third-order valence-electron chi connectivity index (χ3n) is 3.01. The van der Waals surface area contributed by atoms with Gasteiger partial charge >= 0.3 is 0 Å². The number of nitrogens with one attached hydrogen (secondary N) is 1. The van der Waals surface area contributed by atoms with Gasteiger partial charge in [-0.05, 0) is 32.0 Å². The number of hydrogen-bond acceptors (Lipinski definition) is 4. The van der Waals surface area contributed by atoms with Crippen LogP contribution in [0.2, 0.25) is 5.02 Å². The van der Waals surface area contributed by atoms with Gasteiger partial charge in [0.1, 0.15) is 11.5 Å². The van der Waals surface area contributed by atoms with Gasteiger partial charge in [-0.15, -0.1) is 0 Å². The lowest BCUT2D eigenvalue weighted by Crippen LogP contribution is -2.22. The van der Waals surface area contributed by atoms with Gasteiger partial charge in [0.2, 0.25) is 0 Å². The lowest BCUT2D eigenvalue weighted by molar-refractivity contribution is 0.392. The first-order chi connectivity index (χ1) is 10.0. The van der Waals surface area contributed by atoms with E-state index in [9.17, 15) is 0 Å². The number of nitrogens with two attached hydrogens (primary N) is 1. The van der Waals surface area contributed by atoms with Crippen molar-refractivity contribution in [2.75, 3.05) is 12.4 Å². The summed E-state index contributed by atoms with van der Waals surface area (Å²) in [5.74, 6) is 1.64. The largest absolute Gasteiger partial charge is 0.495 e. The van der Waals surface area contributed by atoms with E-state index in [1.165, 1.54) is 0 Å². The Hall–Kier alpha value is -2.21. The molecular weight excluding hydrogens is 292 g/mol. The van der Waals surface area contributed by atoms with Gasteiger partial charge in [-0.2, -0.15) is 0 Å². The average molecular weight is 309 g/mol. The molecular formula is C14H17ClN4O2. The zero-order valence-electron chi connectivity index (χ0n) is 12.1. The quantitative estimate of drug-likeness (QED) is 0.670. The number of nitrogens with zero attached hydrogens (tertiary/aromatic N) is 2. The van der Waals surface area contributed by atoms with Crippen LogP contribution in [0.1, 0.15) is 17.0 Å². The highest BCUT2D eigenvalue weighted by molar-refractivity contribution is 6.32. The van der Waals surface area contributed by atoms with Gasteiger partial charge in [-0.3, -0.25) is 0 Å². The molecule has 0 aliphatic carbocycles. The number of aliphatic imine (C=N–C) groups is 1. The van der Waals surface area contributed by atoms with Crippen molar-refractivity contribution in [1.29, 1.82) is 0 Å². The van der Waals surface area contributed by atoms with Crippen molar-refractivity contribution in [1.82, 2.24) is 5.16 Å². The van der Waals surface area contributed by atoms with Gasteiger partial charge in [0, 0.05) is 11.3 Å². The summed E-state index contributed by atoms with van der Waals surface area (Å²) in [6.07, 6.45) is 0. The van der Waals surface area contributed by atoms with Crippen LogP contribution in [-0.4, -0.2) is 18.2 Å². The van der Waals surface area contributed by atoms with E-state index in [4.69, 9.17) is 26.6 Å². The first kappa shape index (κ1) is 15.2. The van der Waals surface area contributed by atoms with Gasteiger partial charge < -0.3 is 20.3 Å². The number of methoxy groups -OCH3 is 1. The molecule has 2 rings (SSSR count). The van der Waals surface area contributed by atoms with Crippen LogP contribution in [0.15, 0.2) is 27.7 Å². The van der Waals surface area contributed by atoms with Crippen molar-refractivity contribution < 1.29 is 9.26 Å². The predicted octanol–water partition coefficient (Wildman–Crippen LogP) is 2.88. The van der Waals surface area contributed by atoms with Crippen molar-refractivity contribution in [3.05, 3.63) is 40.2 Å². The summed E-state index contributed by atoms with van der Waals surface area (Å²) in [5.41, 5.74) is 8.35. The summed E-state index contributed by atoms with van der Waals surface area (Å²) < 4.78 is 10.2. The minimum Gasteiger partial charge on any atom is -0.495 e. The molecule has 1 aromatic carbocycles. The molecule has 21 heavy (non-hydrogen) atoms. The van der Waals surface area contributed by atoms with Crippen LogP contribution in [0.4, 0.5) is 5.69 Å². The molecule has 3 N–H and O–H groups in total. The Morgan fingerprint density at radius 2 is 2.24 bits per heavy atom. The van der Waals surface area contributed by atoms with Crippen molar-refractivity contribution in [3.8, 4) is 5.75 Å². The van der Waals surface area contributed by atoms with E-state index in [2.05, 4.69) is 15.5 Å². The number of aryl methyl sites for hydroxylation is 2. The summed E-state index contributed by atoms with van der Waals surface area (Å²) in [7, 11) is 1.56. The summed E-state index contributed by atoms with van der Waals surface area (Å²) in [4.78, 5) is 4.26. The number of hydrogen-bond donors (Lipinski definition) is 2. The molecule has 0 amide bonds. The van der Waals surface area contributed by atoms with Crippen molar-refractivity contribution >= 4 is 23.2 Å². The molecule has 0 saturated heterocycles. The second-order valence-corrected chi connectivity index (χ2v) is 4.89. The van der Waals surface area contributed by atoms with Gasteiger partial charge in [-0.1, -0.05) is 16.8 Å². The number of guanidine groups is 1. The molecule has 1 heterocycles. The molecule has 0 bridgehead atoms. The molecule has 0 fully saturated rings. The Labute approximate surface area is 127 Å². The van der Waals surface area contributed by atoms with E-state index in [1.807, 2.05) is 19.9 Å². The molecule has 0 atom stereocenters. The second kappa shape index (κ2) is 6.49. The van der Waals surface area contributed by atoms with Crippen molar-refractivity contribution in [2.45, 2.75) is 20.4 Å². The fourth-order valence-electron chi connectivity index (χ4n) is 1.82. The maximum Gasteiger partial charge on any atom is 0.193 e. The lowest BCUT2D eigenvalue weighted by atomic mass is 10.2. The molecule has 1 aromatic heterocycles. The monoisotopic (exact) mass is 308 g/mol. The van der Waals surface area contributed by atoms with E-state index in [-0.39, 0.29) is 5.96 Å². The fraction of sp³-hybridized carbons (Fsp3) is 0.286. The Balaban J connectivity index is 2.05. The highest BCUT2D eigenvalue weighted by atomic mass is 35.5. The van der Waals surface area contributed by atoms with Gasteiger partial charge in [-0.25, -0.2) is 4.99 Å². The zero-order chi connectivity index (χ0) is 15.4. The molecule has 0 saturated carbocycles. The number of halogens is 1. The summed E-state index contributed by atoms with van der Waals surface area (Å²) in [5, 5.41) is 7.35. The third-order valence-corrected chi connectivity index (χ3v) is 3.31. The van der Waals surface area contributed by atoms with Crippen LogP contribution < -0.4 is 15.8 Å². The molecule has 0 spiro atoms. The number of rotatable bonds is 4. The van der Waals surface area contributed by atoms with Crippen molar-refractivity contribution in [3.63, 3.8) is 0 Å². The molecule has 0 aliphatic rings. The average Bonchev–Trinajstić information content (AvgIpc) is 2.76. The minimum absolute atomic E-state index is 0.288. The topological polar surface area (TPSA) is 85.7 Å². The smallest absolute Gasteiger partial charge is 0.193 e. The van der Waals surface area contributed by atoms with E-state index in [1.54, 1.807) is 19.2 Å². The SMILES string of the molecule is COc1ccc(NC(N)=NCc2c(C)noc2C)cc1Cl. The van der Waals surface area contributed by atoms with Crippen molar-refractivity contribution in [2.24, 2.45) is 10.7 Å². The normalized spacial score (nSPS) is 11.5. The number of aromatic nitrogens is 1. The summed E-state index contributed by atoms with van der Waals surface area (Å²) in [6.45, 7) is 4.12. The van der Waals surface area contributed by atoms with Crippen LogP contribution in [0, 0.1) is 13.8 Å². The van der Waals surface area contributed by atoms with Gasteiger partial charge in [0.05, 0.1) is 24.4 Å². The number of ether oxygens (including phenoxy) is 1. The molecule has 0 unspecified atom stereocenters. The Morgan fingerprint density at radius 3 is 2.81 bits per heavy atom. The van der Waals surface area contributed by atoms with E-state index in [0.29, 0.717) is 17.3 Å². The van der Waals surface area contributed by atoms with E-state index in [0.717, 1.165) is 22.7 Å². The van der Waals surface area contributed by atoms with Crippen LogP contribution in [0.25, 0.3) is 0 Å². The Bertz CT molecular complexity index is 647. The maximum atomic E-state index is 6.05. The second-order valence-electron chi connectivity index (χ2n) is 4.48. The molecule has 0 aliphatic heterocycles. The first-order valence-electron chi connectivity index (χ1n) is 6.33. The predicted molar refractivity (Wildman–Crippen MR) is 82.9 cm³/mol. The third kappa shape index (κ3) is 3.66.